The maximum absolute atomic E-state index is 14.0. The first-order valence-electron chi connectivity index (χ1n) is 7.00. The molecule has 4 nitrogen and oxygen atoms in total. The molecule has 0 spiro atoms. The van der Waals surface area contributed by atoms with Crippen molar-refractivity contribution in [2.75, 3.05) is 36.9 Å². The minimum atomic E-state index is -0.650. The number of nitrogens with one attached hydrogen (secondary N) is 1. The normalized spacial score (nSPS) is 24.0. The highest BCUT2D eigenvalue weighted by atomic mass is 19.1. The molecule has 20 heavy (non-hydrogen) atoms. The number of aromatic nitrogens is 1. The standard InChI is InChI=1S/C14H22F2N4/c1-5-17-13-11(15)6-12(16)14(18-13)20-7-9(2)19(4)10(3)8-20/h6,9-10H,5,7-8H2,1-4H3,(H,17,18). The molecule has 2 rings (SSSR count). The van der Waals surface area contributed by atoms with Crippen LogP contribution in [0.2, 0.25) is 0 Å². The minimum absolute atomic E-state index is 0.114. The van der Waals surface area contributed by atoms with Crippen molar-refractivity contribution in [3.8, 4) is 0 Å². The maximum atomic E-state index is 14.0. The molecule has 0 saturated carbocycles. The van der Waals surface area contributed by atoms with Crippen LogP contribution >= 0.6 is 0 Å². The lowest BCUT2D eigenvalue weighted by Gasteiger charge is -2.43. The molecule has 6 heteroatoms. The van der Waals surface area contributed by atoms with Gasteiger partial charge in [0.2, 0.25) is 0 Å². The van der Waals surface area contributed by atoms with Crippen LogP contribution in [0.1, 0.15) is 20.8 Å². The van der Waals surface area contributed by atoms with Crippen LogP contribution in [0.15, 0.2) is 6.07 Å². The Balaban J connectivity index is 2.30. The average Bonchev–Trinajstić information content (AvgIpc) is 2.38. The molecule has 0 aromatic carbocycles. The van der Waals surface area contributed by atoms with Gasteiger partial charge in [-0.15, -0.1) is 0 Å². The molecule has 1 saturated heterocycles. The number of nitrogens with zero attached hydrogens (tertiary/aromatic N) is 3. The fraction of sp³-hybridized carbons (Fsp3) is 0.643. The van der Waals surface area contributed by atoms with Crippen molar-refractivity contribution in [2.24, 2.45) is 0 Å². The first kappa shape index (κ1) is 15.0. The number of piperazine rings is 1. The van der Waals surface area contributed by atoms with Gasteiger partial charge in [0.15, 0.2) is 23.3 Å². The van der Waals surface area contributed by atoms with Gasteiger partial charge in [-0.3, -0.25) is 4.90 Å². The Morgan fingerprint density at radius 2 is 1.85 bits per heavy atom. The lowest BCUT2D eigenvalue weighted by atomic mass is 10.1. The lowest BCUT2D eigenvalue weighted by Crippen LogP contribution is -2.55. The predicted octanol–water partition coefficient (Wildman–Crippen LogP) is 2.32. The fourth-order valence-electron chi connectivity index (χ4n) is 2.55. The monoisotopic (exact) mass is 284 g/mol. The quantitative estimate of drug-likeness (QED) is 0.923. The highest BCUT2D eigenvalue weighted by Gasteiger charge is 2.29. The second-order valence-electron chi connectivity index (χ2n) is 5.42. The topological polar surface area (TPSA) is 31.4 Å². The molecule has 0 aliphatic carbocycles. The van der Waals surface area contributed by atoms with Crippen LogP contribution in [0.4, 0.5) is 20.4 Å². The second-order valence-corrected chi connectivity index (χ2v) is 5.42. The second kappa shape index (κ2) is 5.91. The molecule has 112 valence electrons. The average molecular weight is 284 g/mol. The molecule has 2 heterocycles. The van der Waals surface area contributed by atoms with E-state index in [1.54, 1.807) is 0 Å². The van der Waals surface area contributed by atoms with E-state index in [9.17, 15) is 8.78 Å². The zero-order valence-electron chi connectivity index (χ0n) is 12.5. The van der Waals surface area contributed by atoms with Gasteiger partial charge in [-0.05, 0) is 27.8 Å². The summed E-state index contributed by atoms with van der Waals surface area (Å²) in [5, 5.41) is 2.82. The van der Waals surface area contributed by atoms with Gasteiger partial charge in [-0.25, -0.2) is 13.8 Å². The Morgan fingerprint density at radius 1 is 1.25 bits per heavy atom. The van der Waals surface area contributed by atoms with Crippen LogP contribution in [0, 0.1) is 11.6 Å². The van der Waals surface area contributed by atoms with Gasteiger partial charge in [0.1, 0.15) is 0 Å². The number of likely N-dealkylation sites (N-methyl/N-ethyl adjacent to an activating group) is 1. The molecule has 0 radical (unpaired) electrons. The van der Waals surface area contributed by atoms with E-state index in [-0.39, 0.29) is 11.6 Å². The third kappa shape index (κ3) is 2.85. The molecule has 1 N–H and O–H groups in total. The van der Waals surface area contributed by atoms with Gasteiger partial charge in [-0.2, -0.15) is 0 Å². The van der Waals surface area contributed by atoms with Crippen LogP contribution < -0.4 is 10.2 Å². The molecule has 1 aromatic rings. The summed E-state index contributed by atoms with van der Waals surface area (Å²) >= 11 is 0. The van der Waals surface area contributed by atoms with E-state index in [1.165, 1.54) is 0 Å². The highest BCUT2D eigenvalue weighted by Crippen LogP contribution is 2.25. The van der Waals surface area contributed by atoms with Crippen molar-refractivity contribution in [3.05, 3.63) is 17.7 Å². The smallest absolute Gasteiger partial charge is 0.168 e. The summed E-state index contributed by atoms with van der Waals surface area (Å²) in [6.07, 6.45) is 0. The number of rotatable bonds is 3. The zero-order chi connectivity index (χ0) is 14.9. The van der Waals surface area contributed by atoms with Crippen molar-refractivity contribution in [1.29, 1.82) is 0 Å². The van der Waals surface area contributed by atoms with Crippen molar-refractivity contribution in [1.82, 2.24) is 9.88 Å². The molecule has 0 amide bonds. The summed E-state index contributed by atoms with van der Waals surface area (Å²) in [4.78, 5) is 8.27. The highest BCUT2D eigenvalue weighted by molar-refractivity contribution is 5.50. The van der Waals surface area contributed by atoms with Crippen molar-refractivity contribution >= 4 is 11.6 Å². The van der Waals surface area contributed by atoms with E-state index in [1.807, 2.05) is 11.8 Å². The Bertz CT molecular complexity index is 468. The predicted molar refractivity (Wildman–Crippen MR) is 77.2 cm³/mol. The first-order chi connectivity index (χ1) is 9.43. The Kier molecular flexibility index (Phi) is 4.42. The summed E-state index contributed by atoms with van der Waals surface area (Å²) in [5.41, 5.74) is 0. The van der Waals surface area contributed by atoms with Crippen LogP contribution in [0.3, 0.4) is 0 Å². The summed E-state index contributed by atoms with van der Waals surface area (Å²) < 4.78 is 27.6. The van der Waals surface area contributed by atoms with Gasteiger partial charge in [-0.1, -0.05) is 0 Å². The summed E-state index contributed by atoms with van der Waals surface area (Å²) in [5.74, 6) is -0.909. The maximum Gasteiger partial charge on any atom is 0.168 e. The van der Waals surface area contributed by atoms with Crippen molar-refractivity contribution < 1.29 is 8.78 Å². The SMILES string of the molecule is CCNc1nc(N2CC(C)N(C)C(C)C2)c(F)cc1F. The Morgan fingerprint density at radius 3 is 2.40 bits per heavy atom. The van der Waals surface area contributed by atoms with E-state index in [2.05, 4.69) is 36.1 Å². The molecule has 1 aliphatic rings. The summed E-state index contributed by atoms with van der Waals surface area (Å²) in [6.45, 7) is 7.95. The zero-order valence-corrected chi connectivity index (χ0v) is 12.5. The van der Waals surface area contributed by atoms with Crippen LogP contribution in [-0.4, -0.2) is 48.6 Å². The minimum Gasteiger partial charge on any atom is -0.368 e. The largest absolute Gasteiger partial charge is 0.368 e. The van der Waals surface area contributed by atoms with E-state index >= 15 is 0 Å². The van der Waals surface area contributed by atoms with Gasteiger partial charge in [0.25, 0.3) is 0 Å². The fourth-order valence-corrected chi connectivity index (χ4v) is 2.55. The van der Waals surface area contributed by atoms with E-state index in [0.29, 0.717) is 31.7 Å². The number of anilines is 2. The third-order valence-electron chi connectivity index (χ3n) is 3.91. The van der Waals surface area contributed by atoms with Crippen LogP contribution in [0.25, 0.3) is 0 Å². The summed E-state index contributed by atoms with van der Waals surface area (Å²) in [7, 11) is 2.06. The van der Waals surface area contributed by atoms with Crippen LogP contribution in [0.5, 0.6) is 0 Å². The molecule has 0 bridgehead atoms. The molecule has 1 aliphatic heterocycles. The van der Waals surface area contributed by atoms with Crippen molar-refractivity contribution in [2.45, 2.75) is 32.9 Å². The van der Waals surface area contributed by atoms with Crippen LogP contribution in [-0.2, 0) is 0 Å². The van der Waals surface area contributed by atoms with Crippen molar-refractivity contribution in [3.63, 3.8) is 0 Å². The van der Waals surface area contributed by atoms with E-state index in [0.717, 1.165) is 6.07 Å². The molecule has 1 aromatic heterocycles. The summed E-state index contributed by atoms with van der Waals surface area (Å²) in [6, 6.07) is 1.51. The lowest BCUT2D eigenvalue weighted by molar-refractivity contribution is 0.169. The van der Waals surface area contributed by atoms with E-state index in [4.69, 9.17) is 0 Å². The van der Waals surface area contributed by atoms with Gasteiger partial charge >= 0.3 is 0 Å². The number of halogens is 2. The third-order valence-corrected chi connectivity index (χ3v) is 3.91. The molecular weight excluding hydrogens is 262 g/mol. The Hall–Kier alpha value is -1.43. The molecular formula is C14H22F2N4. The first-order valence-corrected chi connectivity index (χ1v) is 7.00. The number of pyridine rings is 1. The van der Waals surface area contributed by atoms with Gasteiger partial charge < -0.3 is 10.2 Å². The Labute approximate surface area is 118 Å². The van der Waals surface area contributed by atoms with E-state index < -0.39 is 11.6 Å². The van der Waals surface area contributed by atoms with Gasteiger partial charge in [0, 0.05) is 37.8 Å². The molecule has 2 atom stereocenters. The molecule has 2 unspecified atom stereocenters. The number of hydrogen-bond donors (Lipinski definition) is 1. The van der Waals surface area contributed by atoms with Gasteiger partial charge in [0.05, 0.1) is 0 Å². The molecule has 1 fully saturated rings. The number of hydrogen-bond acceptors (Lipinski definition) is 4.